The molecule has 0 bridgehead atoms. The largest absolute Gasteiger partial charge is 0.494 e. The molecule has 7 heteroatoms. The van der Waals surface area contributed by atoms with Crippen LogP contribution in [0.2, 0.25) is 0 Å². The topological polar surface area (TPSA) is 79.5 Å². The molecule has 0 saturated carbocycles. The normalized spacial score (nSPS) is 10.2. The van der Waals surface area contributed by atoms with Crippen molar-refractivity contribution in [2.45, 2.75) is 6.92 Å². The van der Waals surface area contributed by atoms with Gasteiger partial charge >= 0.3 is 0 Å². The van der Waals surface area contributed by atoms with Crippen molar-refractivity contribution in [2.75, 3.05) is 29.1 Å². The summed E-state index contributed by atoms with van der Waals surface area (Å²) in [4.78, 5) is 24.5. The van der Waals surface area contributed by atoms with E-state index in [-0.39, 0.29) is 18.4 Å². The van der Waals surface area contributed by atoms with Crippen LogP contribution in [0.15, 0.2) is 77.3 Å². The second-order valence-corrected chi connectivity index (χ2v) is 7.31. The van der Waals surface area contributed by atoms with Gasteiger partial charge in [0.25, 0.3) is 5.91 Å². The minimum atomic E-state index is -0.210. The monoisotopic (exact) mass is 467 g/mol. The van der Waals surface area contributed by atoms with Crippen molar-refractivity contribution in [2.24, 2.45) is 0 Å². The van der Waals surface area contributed by atoms with Crippen LogP contribution < -0.4 is 20.7 Å². The van der Waals surface area contributed by atoms with E-state index >= 15 is 0 Å². The van der Waals surface area contributed by atoms with Gasteiger partial charge in [-0.05, 0) is 79.7 Å². The lowest BCUT2D eigenvalue weighted by atomic mass is 10.2. The van der Waals surface area contributed by atoms with Gasteiger partial charge in [-0.1, -0.05) is 15.9 Å². The van der Waals surface area contributed by atoms with Crippen molar-refractivity contribution in [3.63, 3.8) is 0 Å². The predicted molar refractivity (Wildman–Crippen MR) is 123 cm³/mol. The summed E-state index contributed by atoms with van der Waals surface area (Å²) in [6, 6.07) is 21.5. The highest BCUT2D eigenvalue weighted by Crippen LogP contribution is 2.17. The lowest BCUT2D eigenvalue weighted by Crippen LogP contribution is -2.21. The maximum absolute atomic E-state index is 12.4. The first-order valence-electron chi connectivity index (χ1n) is 9.47. The van der Waals surface area contributed by atoms with Crippen LogP contribution in [0.1, 0.15) is 17.3 Å². The highest BCUT2D eigenvalue weighted by atomic mass is 79.9. The summed E-state index contributed by atoms with van der Waals surface area (Å²) in [6.07, 6.45) is 0. The molecule has 0 atom stereocenters. The minimum Gasteiger partial charge on any atom is -0.494 e. The van der Waals surface area contributed by atoms with Gasteiger partial charge < -0.3 is 20.7 Å². The lowest BCUT2D eigenvalue weighted by molar-refractivity contribution is -0.114. The van der Waals surface area contributed by atoms with Crippen molar-refractivity contribution in [3.8, 4) is 5.75 Å². The van der Waals surface area contributed by atoms with E-state index in [4.69, 9.17) is 4.74 Å². The first-order valence-corrected chi connectivity index (χ1v) is 10.3. The molecular weight excluding hydrogens is 446 g/mol. The predicted octanol–water partition coefficient (Wildman–Crippen LogP) is 5.15. The minimum absolute atomic E-state index is 0.119. The second kappa shape index (κ2) is 10.5. The van der Waals surface area contributed by atoms with E-state index in [0.29, 0.717) is 17.9 Å². The average molecular weight is 468 g/mol. The van der Waals surface area contributed by atoms with Gasteiger partial charge in [0.15, 0.2) is 0 Å². The third kappa shape index (κ3) is 6.35. The molecule has 3 aromatic rings. The van der Waals surface area contributed by atoms with Gasteiger partial charge in [-0.25, -0.2) is 0 Å². The number of ether oxygens (including phenoxy) is 1. The highest BCUT2D eigenvalue weighted by molar-refractivity contribution is 9.10. The summed E-state index contributed by atoms with van der Waals surface area (Å²) < 4.78 is 6.34. The molecule has 2 amide bonds. The molecule has 0 radical (unpaired) electrons. The molecule has 0 aliphatic carbocycles. The van der Waals surface area contributed by atoms with Crippen LogP contribution in [-0.2, 0) is 4.79 Å². The summed E-state index contributed by atoms with van der Waals surface area (Å²) in [7, 11) is 0. The zero-order valence-corrected chi connectivity index (χ0v) is 18.0. The van der Waals surface area contributed by atoms with Crippen LogP contribution in [0.3, 0.4) is 0 Å². The van der Waals surface area contributed by atoms with Crippen molar-refractivity contribution in [3.05, 3.63) is 82.8 Å². The fourth-order valence-corrected chi connectivity index (χ4v) is 2.93. The Balaban J connectivity index is 1.49. The first-order chi connectivity index (χ1) is 14.5. The number of amides is 2. The molecule has 6 nitrogen and oxygen atoms in total. The van der Waals surface area contributed by atoms with E-state index in [0.717, 1.165) is 21.6 Å². The third-order valence-corrected chi connectivity index (χ3v) is 4.68. The Bertz CT molecular complexity index is 988. The van der Waals surface area contributed by atoms with Crippen LogP contribution in [-0.4, -0.2) is 25.0 Å². The average Bonchev–Trinajstić information content (AvgIpc) is 2.76. The van der Waals surface area contributed by atoms with Gasteiger partial charge in [0, 0.05) is 27.1 Å². The lowest BCUT2D eigenvalue weighted by Gasteiger charge is -2.10. The van der Waals surface area contributed by atoms with Crippen molar-refractivity contribution < 1.29 is 14.3 Å². The standard InChI is InChI=1S/C23H22BrN3O3/c1-2-30-21-13-11-20(12-14-21)27-23(29)16-3-7-18(8-4-16)25-15-22(28)26-19-9-5-17(24)6-10-19/h3-14,25H,2,15H2,1H3,(H,26,28)(H,27,29). The highest BCUT2D eigenvalue weighted by Gasteiger charge is 2.07. The summed E-state index contributed by atoms with van der Waals surface area (Å²) in [6.45, 7) is 2.63. The summed E-state index contributed by atoms with van der Waals surface area (Å²) in [5.41, 5.74) is 2.69. The zero-order valence-electron chi connectivity index (χ0n) is 16.4. The molecule has 0 unspecified atom stereocenters. The number of nitrogens with one attached hydrogen (secondary N) is 3. The molecule has 3 rings (SSSR count). The molecule has 3 aromatic carbocycles. The summed E-state index contributed by atoms with van der Waals surface area (Å²) >= 11 is 3.36. The maximum atomic E-state index is 12.4. The Labute approximate surface area is 183 Å². The smallest absolute Gasteiger partial charge is 0.255 e. The van der Waals surface area contributed by atoms with E-state index in [1.54, 1.807) is 36.4 Å². The van der Waals surface area contributed by atoms with Crippen LogP contribution in [0.4, 0.5) is 17.1 Å². The number of rotatable bonds is 8. The van der Waals surface area contributed by atoms with E-state index in [1.165, 1.54) is 0 Å². The molecule has 154 valence electrons. The van der Waals surface area contributed by atoms with Gasteiger partial charge in [0.05, 0.1) is 13.2 Å². The fourth-order valence-electron chi connectivity index (χ4n) is 2.66. The Morgan fingerprint density at radius 2 is 1.37 bits per heavy atom. The number of anilines is 3. The van der Waals surface area contributed by atoms with E-state index in [1.807, 2.05) is 43.3 Å². The molecule has 0 aliphatic heterocycles. The number of carbonyl (C=O) groups is 2. The second-order valence-electron chi connectivity index (χ2n) is 6.40. The molecule has 0 fully saturated rings. The number of hydrogen-bond donors (Lipinski definition) is 3. The summed E-state index contributed by atoms with van der Waals surface area (Å²) in [5.74, 6) is 0.392. The number of halogens is 1. The molecule has 0 heterocycles. The van der Waals surface area contributed by atoms with Gasteiger partial charge in [-0.15, -0.1) is 0 Å². The first kappa shape index (κ1) is 21.4. The molecule has 0 aliphatic rings. The fraction of sp³-hybridized carbons (Fsp3) is 0.130. The molecule has 0 saturated heterocycles. The van der Waals surface area contributed by atoms with Crippen molar-refractivity contribution >= 4 is 44.8 Å². The van der Waals surface area contributed by atoms with Crippen LogP contribution in [0.5, 0.6) is 5.75 Å². The molecular formula is C23H22BrN3O3. The van der Waals surface area contributed by atoms with Crippen LogP contribution >= 0.6 is 15.9 Å². The maximum Gasteiger partial charge on any atom is 0.255 e. The van der Waals surface area contributed by atoms with Crippen LogP contribution in [0.25, 0.3) is 0 Å². The summed E-state index contributed by atoms with van der Waals surface area (Å²) in [5, 5.41) is 8.70. The molecule has 3 N–H and O–H groups in total. The SMILES string of the molecule is CCOc1ccc(NC(=O)c2ccc(NCC(=O)Nc3ccc(Br)cc3)cc2)cc1. The van der Waals surface area contributed by atoms with Gasteiger partial charge in [0.2, 0.25) is 5.91 Å². The number of hydrogen-bond acceptors (Lipinski definition) is 4. The quantitative estimate of drug-likeness (QED) is 0.427. The molecule has 30 heavy (non-hydrogen) atoms. The van der Waals surface area contributed by atoms with Crippen molar-refractivity contribution in [1.29, 1.82) is 0 Å². The third-order valence-electron chi connectivity index (χ3n) is 4.15. The molecule has 0 aromatic heterocycles. The van der Waals surface area contributed by atoms with E-state index < -0.39 is 0 Å². The number of carbonyl (C=O) groups excluding carboxylic acids is 2. The van der Waals surface area contributed by atoms with E-state index in [9.17, 15) is 9.59 Å². The Kier molecular flexibility index (Phi) is 7.45. The Morgan fingerprint density at radius 1 is 0.800 bits per heavy atom. The zero-order chi connectivity index (χ0) is 21.3. The Hall–Kier alpha value is -3.32. The van der Waals surface area contributed by atoms with Crippen LogP contribution in [0, 0.1) is 0 Å². The van der Waals surface area contributed by atoms with Crippen molar-refractivity contribution in [1.82, 2.24) is 0 Å². The Morgan fingerprint density at radius 3 is 2.00 bits per heavy atom. The van der Waals surface area contributed by atoms with E-state index in [2.05, 4.69) is 31.9 Å². The van der Waals surface area contributed by atoms with Gasteiger partial charge in [-0.2, -0.15) is 0 Å². The van der Waals surface area contributed by atoms with Gasteiger partial charge in [-0.3, -0.25) is 9.59 Å². The molecule has 0 spiro atoms. The number of benzene rings is 3. The van der Waals surface area contributed by atoms with Gasteiger partial charge in [0.1, 0.15) is 5.75 Å².